The molecule has 0 spiro atoms. The number of nitrogens with zero attached hydrogens (tertiary/aromatic N) is 2. The van der Waals surface area contributed by atoms with Crippen LogP contribution in [0.3, 0.4) is 0 Å². The second kappa shape index (κ2) is 9.03. The van der Waals surface area contributed by atoms with Gasteiger partial charge in [-0.25, -0.2) is 4.79 Å². The Hall–Kier alpha value is -2.08. The van der Waals surface area contributed by atoms with Crippen LogP contribution >= 0.6 is 0 Å². The molecular formula is C20H30N4O2. The van der Waals surface area contributed by atoms with Crippen LogP contribution in [0.1, 0.15) is 39.0 Å². The van der Waals surface area contributed by atoms with Gasteiger partial charge in [-0.05, 0) is 63.4 Å². The Morgan fingerprint density at radius 3 is 2.69 bits per heavy atom. The molecule has 0 radical (unpaired) electrons. The Morgan fingerprint density at radius 2 is 1.96 bits per heavy atom. The highest BCUT2D eigenvalue weighted by atomic mass is 16.2. The minimum atomic E-state index is -0.212. The summed E-state index contributed by atoms with van der Waals surface area (Å²) in [6.45, 7) is 7.06. The van der Waals surface area contributed by atoms with Gasteiger partial charge in [-0.1, -0.05) is 19.1 Å². The van der Waals surface area contributed by atoms with E-state index >= 15 is 0 Å². The highest BCUT2D eigenvalue weighted by Gasteiger charge is 2.24. The number of nitrogens with one attached hydrogen (secondary N) is 2. The first-order valence-corrected chi connectivity index (χ1v) is 9.80. The Morgan fingerprint density at radius 1 is 1.19 bits per heavy atom. The van der Waals surface area contributed by atoms with E-state index in [1.807, 2.05) is 24.3 Å². The van der Waals surface area contributed by atoms with Crippen LogP contribution < -0.4 is 15.5 Å². The van der Waals surface area contributed by atoms with Crippen LogP contribution in [-0.4, -0.2) is 49.6 Å². The van der Waals surface area contributed by atoms with Gasteiger partial charge in [0.15, 0.2) is 0 Å². The van der Waals surface area contributed by atoms with Crippen LogP contribution in [0.5, 0.6) is 0 Å². The second-order valence-corrected chi connectivity index (χ2v) is 7.42. The Kier molecular flexibility index (Phi) is 6.50. The summed E-state index contributed by atoms with van der Waals surface area (Å²) in [4.78, 5) is 28.4. The van der Waals surface area contributed by atoms with Crippen LogP contribution in [0.4, 0.5) is 16.2 Å². The minimum Gasteiger partial charge on any atom is -0.338 e. The first-order chi connectivity index (χ1) is 12.6. The van der Waals surface area contributed by atoms with Gasteiger partial charge in [0.05, 0.1) is 11.4 Å². The monoisotopic (exact) mass is 358 g/mol. The number of rotatable bonds is 6. The van der Waals surface area contributed by atoms with Crippen molar-refractivity contribution in [3.63, 3.8) is 0 Å². The lowest BCUT2D eigenvalue weighted by Crippen LogP contribution is -2.36. The molecule has 0 bridgehead atoms. The number of hydrogen-bond donors (Lipinski definition) is 2. The van der Waals surface area contributed by atoms with E-state index in [9.17, 15) is 9.59 Å². The number of carbonyl (C=O) groups is 2. The molecular weight excluding hydrogens is 328 g/mol. The van der Waals surface area contributed by atoms with Gasteiger partial charge in [0.1, 0.15) is 0 Å². The molecule has 1 aromatic rings. The zero-order valence-electron chi connectivity index (χ0n) is 15.7. The number of hydrogen-bond acceptors (Lipinski definition) is 3. The van der Waals surface area contributed by atoms with Crippen LogP contribution in [0.25, 0.3) is 0 Å². The molecule has 0 aliphatic carbocycles. The van der Waals surface area contributed by atoms with E-state index in [0.717, 1.165) is 31.0 Å². The standard InChI is InChI=1S/C20H30N4O2/c1-16-9-14-23(15-10-16)12-5-11-21-20(26)22-17-6-2-3-7-18(17)24-13-4-8-19(24)25/h2-3,6-7,16H,4-5,8-15H2,1H3,(H2,21,22,26). The quantitative estimate of drug-likeness (QED) is 0.768. The fraction of sp³-hybridized carbons (Fsp3) is 0.600. The van der Waals surface area contributed by atoms with Crippen molar-refractivity contribution in [2.75, 3.05) is 42.9 Å². The molecule has 3 rings (SSSR count). The van der Waals surface area contributed by atoms with Crippen molar-refractivity contribution in [1.82, 2.24) is 10.2 Å². The van der Waals surface area contributed by atoms with Crippen molar-refractivity contribution in [1.29, 1.82) is 0 Å². The highest BCUT2D eigenvalue weighted by Crippen LogP contribution is 2.29. The molecule has 142 valence electrons. The fourth-order valence-electron chi connectivity index (χ4n) is 3.67. The zero-order chi connectivity index (χ0) is 18.4. The fourth-order valence-corrected chi connectivity index (χ4v) is 3.67. The molecule has 2 aliphatic heterocycles. The van der Waals surface area contributed by atoms with Crippen molar-refractivity contribution in [3.8, 4) is 0 Å². The smallest absolute Gasteiger partial charge is 0.319 e. The van der Waals surface area contributed by atoms with Gasteiger partial charge in [-0.15, -0.1) is 0 Å². The number of anilines is 2. The van der Waals surface area contributed by atoms with E-state index in [-0.39, 0.29) is 11.9 Å². The van der Waals surface area contributed by atoms with E-state index in [0.29, 0.717) is 25.2 Å². The average Bonchev–Trinajstić information content (AvgIpc) is 3.06. The molecule has 6 heteroatoms. The number of benzene rings is 1. The molecule has 0 saturated carbocycles. The van der Waals surface area contributed by atoms with Crippen LogP contribution in [0.2, 0.25) is 0 Å². The lowest BCUT2D eigenvalue weighted by atomic mass is 9.99. The maximum Gasteiger partial charge on any atom is 0.319 e. The van der Waals surface area contributed by atoms with Crippen molar-refractivity contribution in [3.05, 3.63) is 24.3 Å². The Bertz CT molecular complexity index is 626. The maximum absolute atomic E-state index is 12.2. The van der Waals surface area contributed by atoms with E-state index in [2.05, 4.69) is 22.5 Å². The summed E-state index contributed by atoms with van der Waals surface area (Å²) < 4.78 is 0. The summed E-state index contributed by atoms with van der Waals surface area (Å²) in [6.07, 6.45) is 4.96. The lowest BCUT2D eigenvalue weighted by Gasteiger charge is -2.30. The van der Waals surface area contributed by atoms with Gasteiger partial charge >= 0.3 is 6.03 Å². The number of amides is 3. The number of piperidine rings is 1. The largest absolute Gasteiger partial charge is 0.338 e. The molecule has 2 saturated heterocycles. The van der Waals surface area contributed by atoms with Crippen LogP contribution in [0, 0.1) is 5.92 Å². The summed E-state index contributed by atoms with van der Waals surface area (Å²) in [5.41, 5.74) is 1.47. The normalized spacial score (nSPS) is 19.0. The third kappa shape index (κ3) is 4.97. The number of likely N-dealkylation sites (tertiary alicyclic amines) is 1. The van der Waals surface area contributed by atoms with Gasteiger partial charge in [0, 0.05) is 19.5 Å². The molecule has 0 atom stereocenters. The van der Waals surface area contributed by atoms with E-state index in [1.165, 1.54) is 25.9 Å². The van der Waals surface area contributed by atoms with Crippen molar-refractivity contribution in [2.24, 2.45) is 5.92 Å². The van der Waals surface area contributed by atoms with Crippen LogP contribution in [0.15, 0.2) is 24.3 Å². The van der Waals surface area contributed by atoms with Gasteiger partial charge in [0.2, 0.25) is 5.91 Å². The van der Waals surface area contributed by atoms with E-state index in [4.69, 9.17) is 0 Å². The Balaban J connectivity index is 1.43. The molecule has 0 aromatic heterocycles. The topological polar surface area (TPSA) is 64.7 Å². The number of para-hydroxylation sites is 2. The third-order valence-corrected chi connectivity index (χ3v) is 5.33. The van der Waals surface area contributed by atoms with Gasteiger partial charge in [-0.3, -0.25) is 4.79 Å². The van der Waals surface area contributed by atoms with Crippen LogP contribution in [-0.2, 0) is 4.79 Å². The molecule has 2 N–H and O–H groups in total. The van der Waals surface area contributed by atoms with Crippen molar-refractivity contribution >= 4 is 23.3 Å². The third-order valence-electron chi connectivity index (χ3n) is 5.33. The average molecular weight is 358 g/mol. The first kappa shape index (κ1) is 18.7. The summed E-state index contributed by atoms with van der Waals surface area (Å²) in [7, 11) is 0. The predicted octanol–water partition coefficient (Wildman–Crippen LogP) is 3.06. The molecule has 26 heavy (non-hydrogen) atoms. The van der Waals surface area contributed by atoms with Crippen molar-refractivity contribution in [2.45, 2.75) is 39.0 Å². The summed E-state index contributed by atoms with van der Waals surface area (Å²) in [5, 5.41) is 5.82. The molecule has 3 amide bonds. The molecule has 2 aliphatic rings. The molecule has 2 heterocycles. The molecule has 6 nitrogen and oxygen atoms in total. The SMILES string of the molecule is CC1CCN(CCCNC(=O)Nc2ccccc2N2CCCC2=O)CC1. The van der Waals surface area contributed by atoms with Gasteiger partial charge in [0.25, 0.3) is 0 Å². The van der Waals surface area contributed by atoms with Gasteiger partial charge in [-0.2, -0.15) is 0 Å². The minimum absolute atomic E-state index is 0.121. The molecule has 1 aromatic carbocycles. The Labute approximate surface area is 155 Å². The van der Waals surface area contributed by atoms with E-state index < -0.39 is 0 Å². The van der Waals surface area contributed by atoms with E-state index in [1.54, 1.807) is 4.90 Å². The maximum atomic E-state index is 12.2. The number of carbonyl (C=O) groups excluding carboxylic acids is 2. The highest BCUT2D eigenvalue weighted by molar-refractivity contribution is 6.01. The zero-order valence-corrected chi connectivity index (χ0v) is 15.7. The molecule has 0 unspecified atom stereocenters. The number of urea groups is 1. The molecule has 2 fully saturated rings. The van der Waals surface area contributed by atoms with Gasteiger partial charge < -0.3 is 20.4 Å². The first-order valence-electron chi connectivity index (χ1n) is 9.80. The predicted molar refractivity (Wildman–Crippen MR) is 105 cm³/mol. The summed E-state index contributed by atoms with van der Waals surface area (Å²) >= 11 is 0. The van der Waals surface area contributed by atoms with Crippen molar-refractivity contribution < 1.29 is 9.59 Å². The summed E-state index contributed by atoms with van der Waals surface area (Å²) in [6, 6.07) is 7.28. The second-order valence-electron chi connectivity index (χ2n) is 7.42. The lowest BCUT2D eigenvalue weighted by molar-refractivity contribution is -0.117. The summed E-state index contributed by atoms with van der Waals surface area (Å²) in [5.74, 6) is 0.966.